The van der Waals surface area contributed by atoms with E-state index in [1.165, 1.54) is 12.0 Å². The second kappa shape index (κ2) is 11.2. The first-order valence-corrected chi connectivity index (χ1v) is 11.3. The number of likely N-dealkylation sites (tertiary alicyclic amines) is 1. The quantitative estimate of drug-likeness (QED) is 0.339. The molecule has 2 atom stereocenters. The summed E-state index contributed by atoms with van der Waals surface area (Å²) < 4.78 is 0. The van der Waals surface area contributed by atoms with Crippen LogP contribution in [0.5, 0.6) is 0 Å². The molecule has 1 aromatic rings. The lowest BCUT2D eigenvalue weighted by Crippen LogP contribution is -2.44. The van der Waals surface area contributed by atoms with E-state index in [1.54, 1.807) is 0 Å². The molecule has 1 amide bonds. The third-order valence-electron chi connectivity index (χ3n) is 6.00. The Bertz CT molecular complexity index is 658. The van der Waals surface area contributed by atoms with Gasteiger partial charge in [-0.05, 0) is 45.1 Å². The van der Waals surface area contributed by atoms with Crippen LogP contribution in [0.2, 0.25) is 0 Å². The molecule has 6 heteroatoms. The third-order valence-corrected chi connectivity index (χ3v) is 6.00. The molecular formula is C23H37N5O. The predicted molar refractivity (Wildman–Crippen MR) is 119 cm³/mol. The standard InChI is InChI=1S/C23H37N5O/c1-3-24-23(26-14-8-13-25-22(29)20-11-7-12-20)27-21-15-18(2)28(17-21)16-19-9-5-4-6-10-19/h4-6,9-10,18,20-21H,3,7-8,11-17H2,1-2H3,(H,25,29)(H2,24,26,27). The van der Waals surface area contributed by atoms with Gasteiger partial charge in [0.15, 0.2) is 5.96 Å². The Balaban J connectivity index is 1.40. The number of carbonyl (C=O) groups excluding carboxylic acids is 1. The van der Waals surface area contributed by atoms with Gasteiger partial charge in [-0.1, -0.05) is 36.8 Å². The van der Waals surface area contributed by atoms with Gasteiger partial charge >= 0.3 is 0 Å². The summed E-state index contributed by atoms with van der Waals surface area (Å²) in [6, 6.07) is 11.6. The molecule has 3 N–H and O–H groups in total. The van der Waals surface area contributed by atoms with Crippen LogP contribution in [0.3, 0.4) is 0 Å². The third kappa shape index (κ3) is 6.74. The second-order valence-corrected chi connectivity index (χ2v) is 8.37. The van der Waals surface area contributed by atoms with Crippen molar-refractivity contribution in [3.8, 4) is 0 Å². The van der Waals surface area contributed by atoms with Gasteiger partial charge in [-0.3, -0.25) is 14.7 Å². The molecule has 1 saturated carbocycles. The number of hydrogen-bond acceptors (Lipinski definition) is 3. The van der Waals surface area contributed by atoms with Gasteiger partial charge in [0.1, 0.15) is 0 Å². The normalized spacial score (nSPS) is 22.9. The molecule has 2 aliphatic rings. The van der Waals surface area contributed by atoms with Gasteiger partial charge in [0.05, 0.1) is 0 Å². The average molecular weight is 400 g/mol. The molecule has 0 spiro atoms. The van der Waals surface area contributed by atoms with Crippen LogP contribution in [0.15, 0.2) is 35.3 Å². The number of nitrogens with one attached hydrogen (secondary N) is 3. The Labute approximate surface area is 175 Å². The van der Waals surface area contributed by atoms with Crippen LogP contribution in [-0.4, -0.2) is 55.0 Å². The van der Waals surface area contributed by atoms with Crippen LogP contribution in [0.1, 0.15) is 51.5 Å². The Morgan fingerprint density at radius 1 is 1.21 bits per heavy atom. The van der Waals surface area contributed by atoms with E-state index in [9.17, 15) is 4.79 Å². The van der Waals surface area contributed by atoms with Gasteiger partial charge in [0.25, 0.3) is 0 Å². The minimum atomic E-state index is 0.226. The summed E-state index contributed by atoms with van der Waals surface area (Å²) >= 11 is 0. The largest absolute Gasteiger partial charge is 0.357 e. The van der Waals surface area contributed by atoms with Crippen LogP contribution < -0.4 is 16.0 Å². The summed E-state index contributed by atoms with van der Waals surface area (Å²) in [7, 11) is 0. The first-order valence-electron chi connectivity index (χ1n) is 11.3. The number of benzene rings is 1. The van der Waals surface area contributed by atoms with Crippen molar-refractivity contribution in [3.63, 3.8) is 0 Å². The Hall–Kier alpha value is -2.08. The van der Waals surface area contributed by atoms with Gasteiger partial charge in [-0.2, -0.15) is 0 Å². The maximum Gasteiger partial charge on any atom is 0.223 e. The highest BCUT2D eigenvalue weighted by molar-refractivity contribution is 5.80. The highest BCUT2D eigenvalue weighted by atomic mass is 16.1. The van der Waals surface area contributed by atoms with E-state index in [4.69, 9.17) is 4.99 Å². The number of hydrogen-bond donors (Lipinski definition) is 3. The lowest BCUT2D eigenvalue weighted by Gasteiger charge is -2.23. The van der Waals surface area contributed by atoms with E-state index in [2.05, 4.69) is 65.0 Å². The minimum Gasteiger partial charge on any atom is -0.357 e. The summed E-state index contributed by atoms with van der Waals surface area (Å²) in [5.41, 5.74) is 1.37. The molecule has 1 saturated heterocycles. The number of carbonyl (C=O) groups is 1. The molecule has 6 nitrogen and oxygen atoms in total. The van der Waals surface area contributed by atoms with Crippen molar-refractivity contribution in [1.82, 2.24) is 20.9 Å². The first kappa shape index (κ1) is 21.6. The number of aliphatic imine (C=N–C) groups is 1. The Morgan fingerprint density at radius 2 is 2.00 bits per heavy atom. The molecule has 3 rings (SSSR count). The molecular weight excluding hydrogens is 362 g/mol. The number of amides is 1. The van der Waals surface area contributed by atoms with E-state index in [1.807, 2.05) is 0 Å². The van der Waals surface area contributed by atoms with Crippen molar-refractivity contribution in [1.29, 1.82) is 0 Å². The highest BCUT2D eigenvalue weighted by Gasteiger charge is 2.29. The summed E-state index contributed by atoms with van der Waals surface area (Å²) in [6.07, 6.45) is 5.30. The zero-order valence-corrected chi connectivity index (χ0v) is 18.0. The van der Waals surface area contributed by atoms with Gasteiger partial charge in [-0.25, -0.2) is 0 Å². The van der Waals surface area contributed by atoms with Gasteiger partial charge in [-0.15, -0.1) is 0 Å². The van der Waals surface area contributed by atoms with Gasteiger partial charge in [0.2, 0.25) is 5.91 Å². The molecule has 2 fully saturated rings. The summed E-state index contributed by atoms with van der Waals surface area (Å²) in [4.78, 5) is 19.1. The Kier molecular flexibility index (Phi) is 8.35. The van der Waals surface area contributed by atoms with Crippen molar-refractivity contribution in [3.05, 3.63) is 35.9 Å². The summed E-state index contributed by atoms with van der Waals surface area (Å²) in [6.45, 7) is 8.70. The highest BCUT2D eigenvalue weighted by Crippen LogP contribution is 2.26. The maximum absolute atomic E-state index is 11.9. The lowest BCUT2D eigenvalue weighted by atomic mass is 9.85. The fraction of sp³-hybridized carbons (Fsp3) is 0.652. The van der Waals surface area contributed by atoms with E-state index in [0.29, 0.717) is 18.6 Å². The maximum atomic E-state index is 11.9. The van der Waals surface area contributed by atoms with Crippen molar-refractivity contribution in [2.24, 2.45) is 10.9 Å². The molecule has 29 heavy (non-hydrogen) atoms. The number of nitrogens with zero attached hydrogens (tertiary/aromatic N) is 2. The van der Waals surface area contributed by atoms with E-state index in [-0.39, 0.29) is 11.8 Å². The number of rotatable bonds is 9. The van der Waals surface area contributed by atoms with Gasteiger partial charge in [0, 0.05) is 50.7 Å². The second-order valence-electron chi connectivity index (χ2n) is 8.37. The molecule has 1 heterocycles. The van der Waals surface area contributed by atoms with Crippen molar-refractivity contribution < 1.29 is 4.79 Å². The lowest BCUT2D eigenvalue weighted by molar-refractivity contribution is -0.127. The van der Waals surface area contributed by atoms with Crippen LogP contribution in [0.4, 0.5) is 0 Å². The molecule has 1 aliphatic carbocycles. The van der Waals surface area contributed by atoms with Crippen LogP contribution in [-0.2, 0) is 11.3 Å². The molecule has 1 aliphatic heterocycles. The smallest absolute Gasteiger partial charge is 0.223 e. The van der Waals surface area contributed by atoms with Crippen LogP contribution in [0.25, 0.3) is 0 Å². The van der Waals surface area contributed by atoms with E-state index < -0.39 is 0 Å². The minimum absolute atomic E-state index is 0.226. The molecule has 1 aromatic carbocycles. The summed E-state index contributed by atoms with van der Waals surface area (Å²) in [5, 5.41) is 10.0. The molecule has 0 bridgehead atoms. The van der Waals surface area contributed by atoms with E-state index >= 15 is 0 Å². The van der Waals surface area contributed by atoms with E-state index in [0.717, 1.165) is 57.8 Å². The van der Waals surface area contributed by atoms with Crippen LogP contribution >= 0.6 is 0 Å². The van der Waals surface area contributed by atoms with Crippen molar-refractivity contribution in [2.75, 3.05) is 26.2 Å². The SMILES string of the molecule is CCNC(=NCCCNC(=O)C1CCC1)NC1CC(C)N(Cc2ccccc2)C1. The van der Waals surface area contributed by atoms with Gasteiger partial charge < -0.3 is 16.0 Å². The molecule has 0 aromatic heterocycles. The first-order chi connectivity index (χ1) is 14.2. The topological polar surface area (TPSA) is 68.8 Å². The zero-order valence-electron chi connectivity index (χ0n) is 18.0. The molecule has 160 valence electrons. The average Bonchev–Trinajstić information content (AvgIpc) is 3.00. The van der Waals surface area contributed by atoms with Crippen molar-refractivity contribution >= 4 is 11.9 Å². The monoisotopic (exact) mass is 399 g/mol. The fourth-order valence-electron chi connectivity index (χ4n) is 4.05. The predicted octanol–water partition coefficient (Wildman–Crippen LogP) is 2.51. The zero-order chi connectivity index (χ0) is 20.5. The molecule has 2 unspecified atom stereocenters. The van der Waals surface area contributed by atoms with Crippen LogP contribution in [0, 0.1) is 5.92 Å². The summed E-state index contributed by atoms with van der Waals surface area (Å²) in [5.74, 6) is 1.38. The van der Waals surface area contributed by atoms with Crippen molar-refractivity contribution in [2.45, 2.75) is 64.6 Å². The molecule has 0 radical (unpaired) electrons. The number of guanidine groups is 1. The fourth-order valence-corrected chi connectivity index (χ4v) is 4.05. The Morgan fingerprint density at radius 3 is 2.69 bits per heavy atom.